The maximum absolute atomic E-state index is 14.0. The molecule has 8 heteroatoms. The summed E-state index contributed by atoms with van der Waals surface area (Å²) in [5, 5.41) is 0.175. The van der Waals surface area contributed by atoms with E-state index in [1.807, 2.05) is 13.8 Å². The Bertz CT molecular complexity index is 624. The normalized spacial score (nSPS) is 24.8. The van der Waals surface area contributed by atoms with Gasteiger partial charge in [0.1, 0.15) is 10.7 Å². The number of nitrogen functional groups attached to an aromatic ring is 1. The zero-order chi connectivity index (χ0) is 15.1. The number of rotatable bonds is 2. The third-order valence-electron chi connectivity index (χ3n) is 3.46. The Balaban J connectivity index is 2.47. The molecule has 1 aliphatic rings. The molecule has 0 spiro atoms. The first-order valence-corrected chi connectivity index (χ1v) is 9.41. The van der Waals surface area contributed by atoms with Crippen LogP contribution in [0.15, 0.2) is 21.5 Å². The van der Waals surface area contributed by atoms with Crippen LogP contribution in [0.1, 0.15) is 13.8 Å². The molecule has 1 aromatic carbocycles. The molecular formula is C12H16BrFN2O2S2. The van der Waals surface area contributed by atoms with Gasteiger partial charge in [-0.05, 0) is 35.0 Å². The zero-order valence-electron chi connectivity index (χ0n) is 11.1. The summed E-state index contributed by atoms with van der Waals surface area (Å²) in [4.78, 5) is -0.357. The molecular weight excluding hydrogens is 367 g/mol. The fraction of sp³-hybridized carbons (Fsp3) is 0.500. The molecule has 1 saturated heterocycles. The third-order valence-corrected chi connectivity index (χ3v) is 7.49. The van der Waals surface area contributed by atoms with Gasteiger partial charge in [-0.25, -0.2) is 12.8 Å². The number of benzene rings is 1. The van der Waals surface area contributed by atoms with Crippen LogP contribution >= 0.6 is 27.7 Å². The van der Waals surface area contributed by atoms with Crippen molar-refractivity contribution in [1.29, 1.82) is 0 Å². The number of sulfonamides is 1. The van der Waals surface area contributed by atoms with Crippen molar-refractivity contribution in [3.05, 3.63) is 22.4 Å². The zero-order valence-corrected chi connectivity index (χ0v) is 14.4. The number of hydrogen-bond acceptors (Lipinski definition) is 4. The molecule has 0 radical (unpaired) electrons. The highest BCUT2D eigenvalue weighted by Gasteiger charge is 2.36. The summed E-state index contributed by atoms with van der Waals surface area (Å²) in [5.74, 6) is -0.0811. The van der Waals surface area contributed by atoms with Crippen LogP contribution in [-0.2, 0) is 10.0 Å². The van der Waals surface area contributed by atoms with Crippen molar-refractivity contribution in [1.82, 2.24) is 4.31 Å². The van der Waals surface area contributed by atoms with Gasteiger partial charge in [-0.15, -0.1) is 0 Å². The van der Waals surface area contributed by atoms with Crippen molar-refractivity contribution in [3.8, 4) is 0 Å². The van der Waals surface area contributed by atoms with Crippen molar-refractivity contribution < 1.29 is 12.8 Å². The van der Waals surface area contributed by atoms with Gasteiger partial charge in [0, 0.05) is 33.7 Å². The lowest BCUT2D eigenvalue weighted by Crippen LogP contribution is -2.48. The standard InChI is InChI=1S/C12H16BrFN2O2S2/c1-7-8(2)19-4-3-16(7)20(17,18)12-6-11(15)9(13)5-10(12)14/h5-8H,3-4,15H2,1-2H3. The number of nitrogens with two attached hydrogens (primary N) is 1. The van der Waals surface area contributed by atoms with Gasteiger partial charge in [0.2, 0.25) is 10.0 Å². The third kappa shape index (κ3) is 2.84. The minimum atomic E-state index is -3.87. The van der Waals surface area contributed by atoms with Crippen LogP contribution in [0, 0.1) is 5.82 Å². The van der Waals surface area contributed by atoms with Gasteiger partial charge in [-0.2, -0.15) is 16.1 Å². The first-order chi connectivity index (χ1) is 9.25. The minimum absolute atomic E-state index is 0.175. The van der Waals surface area contributed by atoms with E-state index in [4.69, 9.17) is 5.73 Å². The van der Waals surface area contributed by atoms with Crippen LogP contribution in [0.5, 0.6) is 0 Å². The fourth-order valence-corrected chi connectivity index (χ4v) is 5.51. The molecule has 2 unspecified atom stereocenters. The maximum Gasteiger partial charge on any atom is 0.246 e. The van der Waals surface area contributed by atoms with Gasteiger partial charge in [0.25, 0.3) is 0 Å². The molecule has 2 N–H and O–H groups in total. The van der Waals surface area contributed by atoms with Crippen molar-refractivity contribution in [2.45, 2.75) is 30.0 Å². The van der Waals surface area contributed by atoms with E-state index >= 15 is 0 Å². The van der Waals surface area contributed by atoms with E-state index in [1.165, 1.54) is 10.4 Å². The topological polar surface area (TPSA) is 63.4 Å². The molecule has 1 aromatic rings. The molecule has 2 atom stereocenters. The van der Waals surface area contributed by atoms with Gasteiger partial charge in [-0.3, -0.25) is 0 Å². The predicted molar refractivity (Wildman–Crippen MR) is 83.8 cm³/mol. The van der Waals surface area contributed by atoms with Gasteiger partial charge >= 0.3 is 0 Å². The molecule has 1 heterocycles. The lowest BCUT2D eigenvalue weighted by molar-refractivity contribution is 0.338. The Morgan fingerprint density at radius 2 is 2.10 bits per heavy atom. The number of anilines is 1. The van der Waals surface area contributed by atoms with Crippen LogP contribution in [0.2, 0.25) is 0 Å². The summed E-state index contributed by atoms with van der Waals surface area (Å²) in [6, 6.07) is 2.09. The van der Waals surface area contributed by atoms with Crippen molar-refractivity contribution in [2.75, 3.05) is 18.0 Å². The molecule has 0 aromatic heterocycles. The van der Waals surface area contributed by atoms with Gasteiger partial charge in [-0.1, -0.05) is 6.92 Å². The molecule has 0 saturated carbocycles. The SMILES string of the molecule is CC1SCCN(S(=O)(=O)c2cc(N)c(Br)cc2F)C1C. The van der Waals surface area contributed by atoms with Crippen molar-refractivity contribution >= 4 is 43.4 Å². The highest BCUT2D eigenvalue weighted by molar-refractivity contribution is 9.10. The van der Waals surface area contributed by atoms with Crippen LogP contribution < -0.4 is 5.73 Å². The molecule has 2 rings (SSSR count). The van der Waals surface area contributed by atoms with E-state index in [1.54, 1.807) is 11.8 Å². The van der Waals surface area contributed by atoms with Crippen LogP contribution in [0.4, 0.5) is 10.1 Å². The van der Waals surface area contributed by atoms with Gasteiger partial charge in [0.05, 0.1) is 0 Å². The average molecular weight is 383 g/mol. The molecule has 0 amide bonds. The Morgan fingerprint density at radius 1 is 1.45 bits per heavy atom. The van der Waals surface area contributed by atoms with E-state index in [0.29, 0.717) is 16.8 Å². The van der Waals surface area contributed by atoms with E-state index in [0.717, 1.165) is 6.07 Å². The van der Waals surface area contributed by atoms with Crippen molar-refractivity contribution in [2.24, 2.45) is 0 Å². The number of halogens is 2. The summed E-state index contributed by atoms with van der Waals surface area (Å²) < 4.78 is 41.0. The Hall–Kier alpha value is -0.310. The highest BCUT2D eigenvalue weighted by atomic mass is 79.9. The number of thioether (sulfide) groups is 1. The molecule has 4 nitrogen and oxygen atoms in total. The monoisotopic (exact) mass is 382 g/mol. The molecule has 20 heavy (non-hydrogen) atoms. The number of hydrogen-bond donors (Lipinski definition) is 1. The Labute approximate surface area is 131 Å². The molecule has 1 fully saturated rings. The van der Waals surface area contributed by atoms with Gasteiger partial charge in [0.15, 0.2) is 0 Å². The second-order valence-electron chi connectivity index (χ2n) is 4.74. The fourth-order valence-electron chi connectivity index (χ4n) is 2.11. The Kier molecular flexibility index (Phi) is 4.68. The summed E-state index contributed by atoms with van der Waals surface area (Å²) in [6.45, 7) is 4.20. The van der Waals surface area contributed by atoms with Crippen LogP contribution in [0.25, 0.3) is 0 Å². The summed E-state index contributed by atoms with van der Waals surface area (Å²) in [5.41, 5.74) is 5.88. The molecule has 1 aliphatic heterocycles. The van der Waals surface area contributed by atoms with Crippen molar-refractivity contribution in [3.63, 3.8) is 0 Å². The van der Waals surface area contributed by atoms with Crippen LogP contribution in [-0.4, -0.2) is 36.3 Å². The van der Waals surface area contributed by atoms with Crippen LogP contribution in [0.3, 0.4) is 0 Å². The van der Waals surface area contributed by atoms with E-state index in [-0.39, 0.29) is 21.9 Å². The molecule has 0 bridgehead atoms. The first-order valence-electron chi connectivity index (χ1n) is 6.13. The van der Waals surface area contributed by atoms with Gasteiger partial charge < -0.3 is 5.73 Å². The second-order valence-corrected chi connectivity index (χ2v) is 8.93. The summed E-state index contributed by atoms with van der Waals surface area (Å²) in [7, 11) is -3.87. The lowest BCUT2D eigenvalue weighted by Gasteiger charge is -2.36. The quantitative estimate of drug-likeness (QED) is 0.798. The smallest absolute Gasteiger partial charge is 0.246 e. The number of nitrogens with zero attached hydrogens (tertiary/aromatic N) is 1. The molecule has 112 valence electrons. The highest BCUT2D eigenvalue weighted by Crippen LogP contribution is 2.32. The Morgan fingerprint density at radius 3 is 2.75 bits per heavy atom. The minimum Gasteiger partial charge on any atom is -0.398 e. The van der Waals surface area contributed by atoms with E-state index in [9.17, 15) is 12.8 Å². The average Bonchev–Trinajstić information content (AvgIpc) is 2.36. The molecule has 0 aliphatic carbocycles. The second kappa shape index (κ2) is 5.82. The maximum atomic E-state index is 14.0. The largest absolute Gasteiger partial charge is 0.398 e. The van der Waals surface area contributed by atoms with E-state index in [2.05, 4.69) is 15.9 Å². The lowest BCUT2D eigenvalue weighted by atomic mass is 10.2. The predicted octanol–water partition coefficient (Wildman–Crippen LogP) is 2.68. The van der Waals surface area contributed by atoms with E-state index < -0.39 is 15.8 Å². The summed E-state index contributed by atoms with van der Waals surface area (Å²) in [6.07, 6.45) is 0. The summed E-state index contributed by atoms with van der Waals surface area (Å²) >= 11 is 4.81. The first kappa shape index (κ1) is 16.1.